The topological polar surface area (TPSA) is 9.72 Å². The molecule has 0 N–H and O–H groups in total. The molecule has 0 saturated carbocycles. The van der Waals surface area contributed by atoms with E-state index in [1.165, 1.54) is 30.4 Å². The number of hydrogen-bond donors (Lipinski definition) is 0. The zero-order valence-corrected chi connectivity index (χ0v) is 20.9. The maximum Gasteiger partial charge on any atom is 0.0319 e. The zero-order chi connectivity index (χ0) is 22.0. The Morgan fingerprint density at radius 3 is 1.69 bits per heavy atom. The molecule has 2 unspecified atom stereocenters. The molecule has 0 aliphatic carbocycles. The van der Waals surface area contributed by atoms with Gasteiger partial charge in [-0.2, -0.15) is 0 Å². The largest absolute Gasteiger partial charge is 0.309 e. The van der Waals surface area contributed by atoms with Gasteiger partial charge in [0.05, 0.1) is 0 Å². The van der Waals surface area contributed by atoms with Gasteiger partial charge in [-0.3, -0.25) is 4.90 Å². The zero-order valence-electron chi connectivity index (χ0n) is 20.9. The van der Waals surface area contributed by atoms with Gasteiger partial charge in [0, 0.05) is 6.04 Å². The predicted octanol–water partition coefficient (Wildman–Crippen LogP) is 5.74. The molecule has 0 heterocycles. The summed E-state index contributed by atoms with van der Waals surface area (Å²) in [6.45, 7) is 16.5. The quantitative estimate of drug-likeness (QED) is 0.392. The first kappa shape index (κ1) is 26.1. The van der Waals surface area contributed by atoms with Crippen molar-refractivity contribution < 1.29 is 0 Å². The van der Waals surface area contributed by atoms with Crippen LogP contribution in [0.15, 0.2) is 24.3 Å². The van der Waals surface area contributed by atoms with Gasteiger partial charge in [0.15, 0.2) is 0 Å². The lowest BCUT2D eigenvalue weighted by atomic mass is 9.81. The molecule has 168 valence electrons. The molecule has 1 aromatic carbocycles. The Morgan fingerprint density at radius 2 is 1.24 bits per heavy atom. The standard InChI is InChI=1S/C26H49N3/c1-21(2)19-26(22(3)4)25-14-10-13-24(20-25)23(5)29(17-11-15-27(6)7)18-12-16-28(8)9/h10,13-14,20-23,26H,11-12,15-19H2,1-9H3. The van der Waals surface area contributed by atoms with Crippen LogP contribution in [0, 0.1) is 11.8 Å². The van der Waals surface area contributed by atoms with E-state index in [9.17, 15) is 0 Å². The molecular weight excluding hydrogens is 354 g/mol. The minimum atomic E-state index is 0.464. The second kappa shape index (κ2) is 13.4. The minimum absolute atomic E-state index is 0.464. The SMILES string of the molecule is CC(C)CC(c1cccc(C(C)N(CCCN(C)C)CCCN(C)C)c1)C(C)C. The van der Waals surface area contributed by atoms with E-state index in [1.54, 1.807) is 0 Å². The molecule has 3 heteroatoms. The van der Waals surface area contributed by atoms with E-state index in [-0.39, 0.29) is 0 Å². The van der Waals surface area contributed by atoms with E-state index in [0.717, 1.165) is 32.1 Å². The molecule has 29 heavy (non-hydrogen) atoms. The van der Waals surface area contributed by atoms with Crippen molar-refractivity contribution in [2.75, 3.05) is 54.4 Å². The highest BCUT2D eigenvalue weighted by molar-refractivity contribution is 5.29. The first-order chi connectivity index (χ1) is 13.6. The molecule has 0 saturated heterocycles. The van der Waals surface area contributed by atoms with Gasteiger partial charge in [-0.15, -0.1) is 0 Å². The van der Waals surface area contributed by atoms with E-state index in [0.29, 0.717) is 17.9 Å². The molecule has 0 aliphatic rings. The second-order valence-electron chi connectivity index (χ2n) is 10.2. The van der Waals surface area contributed by atoms with Crippen LogP contribution < -0.4 is 0 Å². The van der Waals surface area contributed by atoms with Gasteiger partial charge in [0.25, 0.3) is 0 Å². The highest BCUT2D eigenvalue weighted by Crippen LogP contribution is 2.33. The lowest BCUT2D eigenvalue weighted by Crippen LogP contribution is -2.32. The van der Waals surface area contributed by atoms with Gasteiger partial charge >= 0.3 is 0 Å². The number of rotatable bonds is 14. The molecule has 2 atom stereocenters. The van der Waals surface area contributed by atoms with Crippen molar-refractivity contribution in [1.82, 2.24) is 14.7 Å². The second-order valence-corrected chi connectivity index (χ2v) is 10.2. The molecule has 0 radical (unpaired) electrons. The van der Waals surface area contributed by atoms with Crippen LogP contribution in [0.3, 0.4) is 0 Å². The molecule has 0 aromatic heterocycles. The molecule has 3 nitrogen and oxygen atoms in total. The fourth-order valence-corrected chi connectivity index (χ4v) is 4.24. The Hall–Kier alpha value is -0.900. The summed E-state index contributed by atoms with van der Waals surface area (Å²) in [5, 5.41) is 0. The number of hydrogen-bond acceptors (Lipinski definition) is 3. The highest BCUT2D eigenvalue weighted by atomic mass is 15.2. The van der Waals surface area contributed by atoms with Gasteiger partial charge in [-0.25, -0.2) is 0 Å². The molecule has 0 bridgehead atoms. The maximum atomic E-state index is 2.69. The van der Waals surface area contributed by atoms with Gasteiger partial charge in [0.1, 0.15) is 0 Å². The summed E-state index contributed by atoms with van der Waals surface area (Å²) < 4.78 is 0. The first-order valence-corrected chi connectivity index (χ1v) is 11.7. The average molecular weight is 404 g/mol. The Kier molecular flexibility index (Phi) is 12.1. The third-order valence-corrected chi connectivity index (χ3v) is 6.00. The lowest BCUT2D eigenvalue weighted by molar-refractivity contribution is 0.190. The summed E-state index contributed by atoms with van der Waals surface area (Å²) >= 11 is 0. The van der Waals surface area contributed by atoms with Gasteiger partial charge < -0.3 is 9.80 Å². The lowest BCUT2D eigenvalue weighted by Gasteiger charge is -2.31. The van der Waals surface area contributed by atoms with E-state index < -0.39 is 0 Å². The minimum Gasteiger partial charge on any atom is -0.309 e. The van der Waals surface area contributed by atoms with Crippen LogP contribution in [0.5, 0.6) is 0 Å². The van der Waals surface area contributed by atoms with Crippen LogP contribution in [-0.4, -0.2) is 69.1 Å². The Bertz CT molecular complexity index is 537. The van der Waals surface area contributed by atoms with E-state index in [1.807, 2.05) is 0 Å². The van der Waals surface area contributed by atoms with E-state index >= 15 is 0 Å². The van der Waals surface area contributed by atoms with Crippen LogP contribution in [0.25, 0.3) is 0 Å². The first-order valence-electron chi connectivity index (χ1n) is 11.7. The van der Waals surface area contributed by atoms with Crippen LogP contribution in [0.2, 0.25) is 0 Å². The van der Waals surface area contributed by atoms with Crippen LogP contribution in [0.4, 0.5) is 0 Å². The number of nitrogens with zero attached hydrogens (tertiary/aromatic N) is 3. The number of benzene rings is 1. The van der Waals surface area contributed by atoms with Crippen molar-refractivity contribution in [1.29, 1.82) is 0 Å². The third-order valence-electron chi connectivity index (χ3n) is 6.00. The average Bonchev–Trinajstić information content (AvgIpc) is 2.63. The molecule has 0 fully saturated rings. The Morgan fingerprint density at radius 1 is 0.724 bits per heavy atom. The molecule has 0 spiro atoms. The summed E-state index contributed by atoms with van der Waals surface area (Å²) in [6, 6.07) is 9.94. The van der Waals surface area contributed by atoms with Crippen molar-refractivity contribution >= 4 is 0 Å². The van der Waals surface area contributed by atoms with Crippen LogP contribution in [-0.2, 0) is 0 Å². The van der Waals surface area contributed by atoms with Crippen molar-refractivity contribution in [2.45, 2.75) is 65.8 Å². The van der Waals surface area contributed by atoms with Crippen LogP contribution in [0.1, 0.15) is 77.0 Å². The van der Waals surface area contributed by atoms with Crippen molar-refractivity contribution in [2.24, 2.45) is 11.8 Å². The third kappa shape index (κ3) is 10.1. The predicted molar refractivity (Wildman–Crippen MR) is 130 cm³/mol. The summed E-state index contributed by atoms with van der Waals surface area (Å²) in [5.74, 6) is 2.06. The molecular formula is C26H49N3. The molecule has 1 rings (SSSR count). The van der Waals surface area contributed by atoms with Gasteiger partial charge in [-0.05, 0) is 109 Å². The van der Waals surface area contributed by atoms with Crippen LogP contribution >= 0.6 is 0 Å². The van der Waals surface area contributed by atoms with Crippen molar-refractivity contribution in [3.05, 3.63) is 35.4 Å². The highest BCUT2D eigenvalue weighted by Gasteiger charge is 2.20. The molecule has 0 aliphatic heterocycles. The summed E-state index contributed by atoms with van der Waals surface area (Å²) in [6.07, 6.45) is 3.72. The molecule has 0 amide bonds. The Balaban J connectivity index is 2.96. The van der Waals surface area contributed by atoms with Gasteiger partial charge in [0.2, 0.25) is 0 Å². The van der Waals surface area contributed by atoms with Crippen molar-refractivity contribution in [3.8, 4) is 0 Å². The fraction of sp³-hybridized carbons (Fsp3) is 0.769. The van der Waals surface area contributed by atoms with E-state index in [2.05, 4.69) is 102 Å². The monoisotopic (exact) mass is 403 g/mol. The molecule has 1 aromatic rings. The van der Waals surface area contributed by atoms with E-state index in [4.69, 9.17) is 0 Å². The fourth-order valence-electron chi connectivity index (χ4n) is 4.24. The smallest absolute Gasteiger partial charge is 0.0319 e. The normalized spacial score (nSPS) is 14.6. The van der Waals surface area contributed by atoms with Crippen molar-refractivity contribution in [3.63, 3.8) is 0 Å². The maximum absolute atomic E-state index is 2.69. The summed E-state index contributed by atoms with van der Waals surface area (Å²) in [5.41, 5.74) is 3.01. The van der Waals surface area contributed by atoms with Gasteiger partial charge in [-0.1, -0.05) is 52.0 Å². The Labute approximate surface area is 182 Å². The summed E-state index contributed by atoms with van der Waals surface area (Å²) in [7, 11) is 8.68. The summed E-state index contributed by atoms with van der Waals surface area (Å²) in [4.78, 5) is 7.28.